The molecule has 0 fully saturated rings. The van der Waals surface area contributed by atoms with Crippen molar-refractivity contribution in [1.82, 2.24) is 10.0 Å². The number of halogens is 1. The fourth-order valence-electron chi connectivity index (χ4n) is 1.58. The first-order valence-corrected chi connectivity index (χ1v) is 8.61. The number of carbonyl (C=O) groups excluding carboxylic acids is 1. The van der Waals surface area contributed by atoms with Crippen LogP contribution in [0.1, 0.15) is 20.8 Å². The van der Waals surface area contributed by atoms with E-state index in [4.69, 9.17) is 4.74 Å². The van der Waals surface area contributed by atoms with Crippen molar-refractivity contribution >= 4 is 31.9 Å². The van der Waals surface area contributed by atoms with Crippen molar-refractivity contribution in [3.05, 3.63) is 22.7 Å². The summed E-state index contributed by atoms with van der Waals surface area (Å²) in [4.78, 5) is 11.8. The molecule has 21 heavy (non-hydrogen) atoms. The molecule has 0 saturated carbocycles. The van der Waals surface area contributed by atoms with E-state index in [0.29, 0.717) is 10.2 Å². The highest BCUT2D eigenvalue weighted by molar-refractivity contribution is 9.10. The molecule has 1 amide bonds. The second kappa shape index (κ2) is 7.24. The Hall–Kier alpha value is -1.12. The molecule has 6 nitrogen and oxygen atoms in total. The van der Waals surface area contributed by atoms with E-state index < -0.39 is 16.1 Å². The molecule has 0 aliphatic rings. The number of nitrogens with one attached hydrogen (secondary N) is 2. The van der Waals surface area contributed by atoms with E-state index in [1.807, 2.05) is 0 Å². The molecule has 0 bridgehead atoms. The summed E-state index contributed by atoms with van der Waals surface area (Å²) >= 11 is 3.23. The third-order valence-corrected chi connectivity index (χ3v) is 4.75. The van der Waals surface area contributed by atoms with Crippen LogP contribution in [0.2, 0.25) is 0 Å². The quantitative estimate of drug-likeness (QED) is 0.787. The lowest BCUT2D eigenvalue weighted by atomic mass is 10.3. The van der Waals surface area contributed by atoms with Gasteiger partial charge in [0.1, 0.15) is 5.75 Å². The molecule has 8 heteroatoms. The smallest absolute Gasteiger partial charge is 0.241 e. The van der Waals surface area contributed by atoms with Gasteiger partial charge in [-0.05, 0) is 54.9 Å². The first kappa shape index (κ1) is 17.9. The number of amides is 1. The highest BCUT2D eigenvalue weighted by atomic mass is 79.9. The van der Waals surface area contributed by atoms with Crippen molar-refractivity contribution in [3.63, 3.8) is 0 Å². The van der Waals surface area contributed by atoms with Crippen LogP contribution in [-0.2, 0) is 14.8 Å². The molecule has 1 rings (SSSR count). The summed E-state index contributed by atoms with van der Waals surface area (Å²) in [5.74, 6) is 0.153. The fourth-order valence-corrected chi connectivity index (χ4v) is 3.50. The van der Waals surface area contributed by atoms with E-state index in [2.05, 4.69) is 26.0 Å². The second-order valence-corrected chi connectivity index (χ2v) is 7.37. The molecule has 0 aliphatic heterocycles. The average Bonchev–Trinajstić information content (AvgIpc) is 2.37. The third-order valence-electron chi connectivity index (χ3n) is 2.59. The highest BCUT2D eigenvalue weighted by Crippen LogP contribution is 2.27. The van der Waals surface area contributed by atoms with Gasteiger partial charge in [0, 0.05) is 6.04 Å². The summed E-state index contributed by atoms with van der Waals surface area (Å²) in [5, 5.41) is 2.65. The molecule has 1 atom stereocenters. The van der Waals surface area contributed by atoms with Crippen molar-refractivity contribution in [2.24, 2.45) is 0 Å². The summed E-state index contributed by atoms with van der Waals surface area (Å²) in [7, 11) is -2.29. The van der Waals surface area contributed by atoms with E-state index in [1.165, 1.54) is 32.2 Å². The van der Waals surface area contributed by atoms with Gasteiger partial charge in [0.05, 0.1) is 22.5 Å². The van der Waals surface area contributed by atoms with Gasteiger partial charge in [0.25, 0.3) is 0 Å². The predicted molar refractivity (Wildman–Crippen MR) is 83.8 cm³/mol. The van der Waals surface area contributed by atoms with E-state index in [-0.39, 0.29) is 16.8 Å². The van der Waals surface area contributed by atoms with Crippen LogP contribution in [0.4, 0.5) is 0 Å². The van der Waals surface area contributed by atoms with E-state index in [9.17, 15) is 13.2 Å². The largest absolute Gasteiger partial charge is 0.496 e. The van der Waals surface area contributed by atoms with Gasteiger partial charge in [-0.2, -0.15) is 4.72 Å². The van der Waals surface area contributed by atoms with Crippen molar-refractivity contribution < 1.29 is 17.9 Å². The van der Waals surface area contributed by atoms with Gasteiger partial charge in [-0.15, -0.1) is 0 Å². The molecule has 0 saturated heterocycles. The fraction of sp³-hybridized carbons (Fsp3) is 0.462. The van der Waals surface area contributed by atoms with Crippen molar-refractivity contribution in [1.29, 1.82) is 0 Å². The number of hydrogen-bond donors (Lipinski definition) is 2. The Morgan fingerprint density at radius 2 is 1.90 bits per heavy atom. The summed E-state index contributed by atoms with van der Waals surface area (Å²) < 4.78 is 32.4. The van der Waals surface area contributed by atoms with Crippen molar-refractivity contribution in [3.8, 4) is 5.75 Å². The average molecular weight is 379 g/mol. The van der Waals surface area contributed by atoms with Gasteiger partial charge in [0.2, 0.25) is 15.9 Å². The molecule has 1 unspecified atom stereocenters. The summed E-state index contributed by atoms with van der Waals surface area (Å²) in [6, 6.07) is 3.46. The van der Waals surface area contributed by atoms with Gasteiger partial charge in [0.15, 0.2) is 0 Å². The number of rotatable bonds is 6. The Kier molecular flexibility index (Phi) is 6.18. The van der Waals surface area contributed by atoms with Crippen LogP contribution < -0.4 is 14.8 Å². The standard InChI is InChI=1S/C13H19BrN2O4S/c1-8(2)15-13(17)9(3)16-21(18,19)10-5-6-12(20-4)11(14)7-10/h5-9,16H,1-4H3,(H,15,17). The molecule has 0 aromatic heterocycles. The number of sulfonamides is 1. The van der Waals surface area contributed by atoms with Crippen LogP contribution in [0.15, 0.2) is 27.6 Å². The van der Waals surface area contributed by atoms with Crippen LogP contribution >= 0.6 is 15.9 Å². The molecule has 1 aromatic carbocycles. The van der Waals surface area contributed by atoms with Crippen molar-refractivity contribution in [2.45, 2.75) is 37.8 Å². The van der Waals surface area contributed by atoms with E-state index in [1.54, 1.807) is 13.8 Å². The van der Waals surface area contributed by atoms with Gasteiger partial charge in [-0.1, -0.05) is 0 Å². The van der Waals surface area contributed by atoms with Gasteiger partial charge >= 0.3 is 0 Å². The SMILES string of the molecule is COc1ccc(S(=O)(=O)NC(C)C(=O)NC(C)C)cc1Br. The lowest BCUT2D eigenvalue weighted by Gasteiger charge is -2.16. The first-order chi connectivity index (χ1) is 9.67. The van der Waals surface area contributed by atoms with Gasteiger partial charge in [-0.3, -0.25) is 4.79 Å². The minimum absolute atomic E-state index is 0.0550. The first-order valence-electron chi connectivity index (χ1n) is 6.33. The Morgan fingerprint density at radius 3 is 2.38 bits per heavy atom. The van der Waals surface area contributed by atoms with E-state index >= 15 is 0 Å². The molecule has 0 heterocycles. The molecule has 2 N–H and O–H groups in total. The van der Waals surface area contributed by atoms with Crippen LogP contribution in [0.5, 0.6) is 5.75 Å². The Balaban J connectivity index is 2.91. The van der Waals surface area contributed by atoms with Crippen LogP contribution in [-0.4, -0.2) is 33.5 Å². The minimum atomic E-state index is -3.78. The lowest BCUT2D eigenvalue weighted by molar-refractivity contribution is -0.122. The monoisotopic (exact) mass is 378 g/mol. The third kappa shape index (κ3) is 4.98. The molecule has 0 radical (unpaired) electrons. The lowest BCUT2D eigenvalue weighted by Crippen LogP contribution is -2.46. The number of benzene rings is 1. The maximum absolute atomic E-state index is 12.2. The van der Waals surface area contributed by atoms with Crippen LogP contribution in [0.3, 0.4) is 0 Å². The second-order valence-electron chi connectivity index (χ2n) is 4.80. The van der Waals surface area contributed by atoms with Gasteiger partial charge in [-0.25, -0.2) is 8.42 Å². The number of methoxy groups -OCH3 is 1. The predicted octanol–water partition coefficient (Wildman–Crippen LogP) is 1.65. The molecule has 118 valence electrons. The number of hydrogen-bond acceptors (Lipinski definition) is 4. The number of carbonyl (C=O) groups is 1. The van der Waals surface area contributed by atoms with Crippen LogP contribution in [0, 0.1) is 0 Å². The van der Waals surface area contributed by atoms with Crippen molar-refractivity contribution in [2.75, 3.05) is 7.11 Å². The Morgan fingerprint density at radius 1 is 1.29 bits per heavy atom. The maximum atomic E-state index is 12.2. The van der Waals surface area contributed by atoms with Crippen LogP contribution in [0.25, 0.3) is 0 Å². The van der Waals surface area contributed by atoms with E-state index in [0.717, 1.165) is 0 Å². The summed E-state index contributed by atoms with van der Waals surface area (Å²) in [6.45, 7) is 5.10. The zero-order chi connectivity index (χ0) is 16.2. The van der Waals surface area contributed by atoms with Gasteiger partial charge < -0.3 is 10.1 Å². The summed E-state index contributed by atoms with van der Waals surface area (Å²) in [5.41, 5.74) is 0. The molecule has 0 spiro atoms. The molecular formula is C13H19BrN2O4S. The Labute approximate surface area is 133 Å². The Bertz CT molecular complexity index is 617. The molecule has 0 aliphatic carbocycles. The molecular weight excluding hydrogens is 360 g/mol. The normalized spacial score (nSPS) is 13.0. The molecule has 1 aromatic rings. The minimum Gasteiger partial charge on any atom is -0.496 e. The maximum Gasteiger partial charge on any atom is 0.241 e. The number of ether oxygens (including phenoxy) is 1. The zero-order valence-electron chi connectivity index (χ0n) is 12.3. The zero-order valence-corrected chi connectivity index (χ0v) is 14.7. The summed E-state index contributed by atoms with van der Waals surface area (Å²) in [6.07, 6.45) is 0. The highest BCUT2D eigenvalue weighted by Gasteiger charge is 2.23. The topological polar surface area (TPSA) is 84.5 Å².